The Morgan fingerprint density at radius 3 is 2.67 bits per heavy atom. The van der Waals surface area contributed by atoms with Crippen molar-refractivity contribution in [3.8, 4) is 0 Å². The van der Waals surface area contributed by atoms with Crippen LogP contribution in [-0.4, -0.2) is 17.4 Å². The minimum Gasteiger partial charge on any atom is -0.355 e. The van der Waals surface area contributed by atoms with E-state index in [1.165, 1.54) is 12.3 Å². The summed E-state index contributed by atoms with van der Waals surface area (Å²) in [5.74, 6) is -2.03. The number of carbonyl (C=O) groups excluding carboxylic acids is 1. The molecule has 2 aromatic carbocycles. The van der Waals surface area contributed by atoms with Crippen LogP contribution in [0.4, 0.5) is 25.8 Å². The van der Waals surface area contributed by atoms with E-state index in [-0.39, 0.29) is 5.91 Å². The highest BCUT2D eigenvalue weighted by Gasteiger charge is 2.24. The number of pyridine rings is 1. The van der Waals surface area contributed by atoms with E-state index in [2.05, 4.69) is 10.3 Å². The Bertz CT molecular complexity index is 1010. The SMILES string of the molecule is O=C(c1cc(Nc2ccc(F)c(F)c2)ccn1)N1CCCc2ccccc21. The van der Waals surface area contributed by atoms with Crippen LogP contribution < -0.4 is 10.2 Å². The molecule has 1 aliphatic heterocycles. The number of carbonyl (C=O) groups is 1. The molecule has 1 amide bonds. The third kappa shape index (κ3) is 3.51. The summed E-state index contributed by atoms with van der Waals surface area (Å²) < 4.78 is 26.5. The van der Waals surface area contributed by atoms with Gasteiger partial charge in [-0.1, -0.05) is 18.2 Å². The Kier molecular flexibility index (Phi) is 4.54. The molecule has 4 rings (SSSR count). The van der Waals surface area contributed by atoms with E-state index in [0.29, 0.717) is 23.6 Å². The standard InChI is InChI=1S/C21H17F2N3O/c22-17-8-7-15(12-18(17)23)25-16-9-10-24-19(13-16)21(27)26-11-3-5-14-4-1-2-6-20(14)26/h1-2,4,6-10,12-13H,3,5,11H2,(H,24,25). The van der Waals surface area contributed by atoms with Crippen LogP contribution in [-0.2, 0) is 6.42 Å². The van der Waals surface area contributed by atoms with Gasteiger partial charge in [-0.05, 0) is 48.7 Å². The zero-order valence-electron chi connectivity index (χ0n) is 14.5. The minimum absolute atomic E-state index is 0.184. The van der Waals surface area contributed by atoms with E-state index < -0.39 is 11.6 Å². The smallest absolute Gasteiger partial charge is 0.276 e. The van der Waals surface area contributed by atoms with Gasteiger partial charge in [-0.3, -0.25) is 9.78 Å². The van der Waals surface area contributed by atoms with E-state index in [1.807, 2.05) is 24.3 Å². The molecule has 0 spiro atoms. The van der Waals surface area contributed by atoms with Gasteiger partial charge in [-0.15, -0.1) is 0 Å². The van der Waals surface area contributed by atoms with Crippen molar-refractivity contribution in [2.45, 2.75) is 12.8 Å². The fraction of sp³-hybridized carbons (Fsp3) is 0.143. The molecule has 0 atom stereocenters. The molecule has 0 aliphatic carbocycles. The molecule has 0 radical (unpaired) electrons. The lowest BCUT2D eigenvalue weighted by Gasteiger charge is -2.29. The number of aromatic nitrogens is 1. The van der Waals surface area contributed by atoms with Gasteiger partial charge >= 0.3 is 0 Å². The molecule has 27 heavy (non-hydrogen) atoms. The van der Waals surface area contributed by atoms with Crippen molar-refractivity contribution in [2.75, 3.05) is 16.8 Å². The maximum Gasteiger partial charge on any atom is 0.276 e. The second kappa shape index (κ2) is 7.15. The topological polar surface area (TPSA) is 45.2 Å². The fourth-order valence-electron chi connectivity index (χ4n) is 3.25. The number of hydrogen-bond acceptors (Lipinski definition) is 3. The van der Waals surface area contributed by atoms with Crippen LogP contribution in [0.3, 0.4) is 0 Å². The predicted molar refractivity (Wildman–Crippen MR) is 100 cm³/mol. The van der Waals surface area contributed by atoms with Crippen LogP contribution >= 0.6 is 0 Å². The zero-order valence-corrected chi connectivity index (χ0v) is 14.5. The number of amides is 1. The molecular weight excluding hydrogens is 348 g/mol. The van der Waals surface area contributed by atoms with Crippen LogP contribution in [0, 0.1) is 11.6 Å². The van der Waals surface area contributed by atoms with Crippen molar-refractivity contribution < 1.29 is 13.6 Å². The Labute approximate surface area is 155 Å². The van der Waals surface area contributed by atoms with E-state index in [4.69, 9.17) is 0 Å². The molecule has 0 unspecified atom stereocenters. The molecule has 1 aliphatic rings. The van der Waals surface area contributed by atoms with E-state index in [9.17, 15) is 13.6 Å². The summed E-state index contributed by atoms with van der Waals surface area (Å²) in [7, 11) is 0. The number of anilines is 3. The third-order valence-corrected chi connectivity index (χ3v) is 4.54. The molecule has 136 valence electrons. The van der Waals surface area contributed by atoms with Crippen molar-refractivity contribution >= 4 is 23.0 Å². The van der Waals surface area contributed by atoms with Crippen molar-refractivity contribution in [3.05, 3.63) is 83.7 Å². The summed E-state index contributed by atoms with van der Waals surface area (Å²) in [5.41, 5.74) is 3.31. The number of nitrogens with one attached hydrogen (secondary N) is 1. The van der Waals surface area contributed by atoms with Gasteiger partial charge in [0.2, 0.25) is 0 Å². The summed E-state index contributed by atoms with van der Waals surface area (Å²) in [6, 6.07) is 14.7. The van der Waals surface area contributed by atoms with Crippen LogP contribution in [0.1, 0.15) is 22.5 Å². The highest BCUT2D eigenvalue weighted by molar-refractivity contribution is 6.06. The lowest BCUT2D eigenvalue weighted by atomic mass is 10.0. The maximum atomic E-state index is 13.4. The van der Waals surface area contributed by atoms with Gasteiger partial charge in [0.1, 0.15) is 5.69 Å². The number of halogens is 2. The Morgan fingerprint density at radius 1 is 1.00 bits per heavy atom. The second-order valence-corrected chi connectivity index (χ2v) is 6.37. The number of hydrogen-bond donors (Lipinski definition) is 1. The quantitative estimate of drug-likeness (QED) is 0.732. The van der Waals surface area contributed by atoms with Gasteiger partial charge < -0.3 is 10.2 Å². The number of para-hydroxylation sites is 1. The molecule has 0 bridgehead atoms. The molecule has 1 N–H and O–H groups in total. The lowest BCUT2D eigenvalue weighted by molar-refractivity contribution is 0.0980. The molecule has 2 heterocycles. The molecule has 0 saturated carbocycles. The van der Waals surface area contributed by atoms with E-state index in [0.717, 1.165) is 36.2 Å². The summed E-state index contributed by atoms with van der Waals surface area (Å²) in [5, 5.41) is 2.97. The van der Waals surface area contributed by atoms with Gasteiger partial charge in [0.05, 0.1) is 0 Å². The van der Waals surface area contributed by atoms with Gasteiger partial charge in [0, 0.05) is 35.9 Å². The Hall–Kier alpha value is -3.28. The average Bonchev–Trinajstić information content (AvgIpc) is 2.70. The monoisotopic (exact) mass is 365 g/mol. The maximum absolute atomic E-state index is 13.4. The zero-order chi connectivity index (χ0) is 18.8. The van der Waals surface area contributed by atoms with Crippen molar-refractivity contribution in [1.29, 1.82) is 0 Å². The highest BCUT2D eigenvalue weighted by atomic mass is 19.2. The molecule has 1 aromatic heterocycles. The van der Waals surface area contributed by atoms with E-state index >= 15 is 0 Å². The minimum atomic E-state index is -0.935. The van der Waals surface area contributed by atoms with E-state index in [1.54, 1.807) is 17.0 Å². The summed E-state index contributed by atoms with van der Waals surface area (Å²) in [4.78, 5) is 18.9. The first-order valence-electron chi connectivity index (χ1n) is 8.70. The Morgan fingerprint density at radius 2 is 1.81 bits per heavy atom. The summed E-state index contributed by atoms with van der Waals surface area (Å²) in [6.45, 7) is 0.637. The number of aryl methyl sites for hydroxylation is 1. The van der Waals surface area contributed by atoms with Crippen molar-refractivity contribution in [1.82, 2.24) is 4.98 Å². The fourth-order valence-corrected chi connectivity index (χ4v) is 3.25. The number of fused-ring (bicyclic) bond motifs is 1. The third-order valence-electron chi connectivity index (χ3n) is 4.54. The second-order valence-electron chi connectivity index (χ2n) is 6.37. The summed E-state index contributed by atoms with van der Waals surface area (Å²) in [6.07, 6.45) is 3.37. The number of nitrogens with zero attached hydrogens (tertiary/aromatic N) is 2. The van der Waals surface area contributed by atoms with Crippen LogP contribution in [0.5, 0.6) is 0 Å². The molecular formula is C21H17F2N3O. The van der Waals surface area contributed by atoms with Crippen LogP contribution in [0.15, 0.2) is 60.8 Å². The van der Waals surface area contributed by atoms with Gasteiger partial charge in [-0.2, -0.15) is 0 Å². The van der Waals surface area contributed by atoms with Gasteiger partial charge in [-0.25, -0.2) is 8.78 Å². The van der Waals surface area contributed by atoms with Crippen molar-refractivity contribution in [3.63, 3.8) is 0 Å². The number of benzene rings is 2. The molecule has 3 aromatic rings. The lowest BCUT2D eigenvalue weighted by Crippen LogP contribution is -2.35. The van der Waals surface area contributed by atoms with Gasteiger partial charge in [0.15, 0.2) is 11.6 Å². The normalized spacial score (nSPS) is 13.2. The van der Waals surface area contributed by atoms with Gasteiger partial charge in [0.25, 0.3) is 5.91 Å². The molecule has 0 fully saturated rings. The predicted octanol–water partition coefficient (Wildman–Crippen LogP) is 4.70. The molecule has 4 nitrogen and oxygen atoms in total. The largest absolute Gasteiger partial charge is 0.355 e. The molecule has 0 saturated heterocycles. The van der Waals surface area contributed by atoms with Crippen LogP contribution in [0.2, 0.25) is 0 Å². The summed E-state index contributed by atoms with van der Waals surface area (Å²) >= 11 is 0. The highest BCUT2D eigenvalue weighted by Crippen LogP contribution is 2.28. The average molecular weight is 365 g/mol. The number of rotatable bonds is 3. The molecule has 6 heteroatoms. The first-order chi connectivity index (χ1) is 13.1. The first-order valence-corrected chi connectivity index (χ1v) is 8.70. The van der Waals surface area contributed by atoms with Crippen LogP contribution in [0.25, 0.3) is 0 Å². The van der Waals surface area contributed by atoms with Crippen molar-refractivity contribution in [2.24, 2.45) is 0 Å². The first kappa shape index (κ1) is 17.1. The Balaban J connectivity index is 1.59.